The van der Waals surface area contributed by atoms with Crippen molar-refractivity contribution in [3.05, 3.63) is 174 Å². The van der Waals surface area contributed by atoms with Crippen LogP contribution in [-0.2, 0) is 10.8 Å². The molecule has 0 radical (unpaired) electrons. The summed E-state index contributed by atoms with van der Waals surface area (Å²) in [6.07, 6.45) is 4.19. The standard InChI is InChI=1S/C59H63N4O/c1-37(2)41-28-50(38(3)4)57(51(29-41)39(5)6)40-26-27-60-56(30-40)63-52-21-14-13-20-48(52)49-25-24-47(35-55(49)63)64-46-19-17-18-44(34-46)61-36-62(54-23-16-15-22-53(54)61)45-32-42(58(7,8)9)31-43(33-45)59(10,11)12/h13-39H,1-12H3/q+1. The van der Waals surface area contributed by atoms with E-state index in [4.69, 9.17) is 9.72 Å². The lowest BCUT2D eigenvalue weighted by molar-refractivity contribution is -0.567. The van der Waals surface area contributed by atoms with Crippen molar-refractivity contribution in [2.24, 2.45) is 0 Å². The number of imidazole rings is 1. The van der Waals surface area contributed by atoms with Gasteiger partial charge in [-0.2, -0.15) is 9.13 Å². The molecule has 0 N–H and O–H groups in total. The van der Waals surface area contributed by atoms with Crippen molar-refractivity contribution in [1.82, 2.24) is 14.1 Å². The van der Waals surface area contributed by atoms with Crippen LogP contribution in [0.4, 0.5) is 0 Å². The van der Waals surface area contributed by atoms with E-state index in [1.165, 1.54) is 44.3 Å². The van der Waals surface area contributed by atoms with Crippen LogP contribution in [0.5, 0.6) is 11.5 Å². The number of hydrogen-bond acceptors (Lipinski definition) is 2. The Balaban J connectivity index is 1.13. The monoisotopic (exact) mass is 843 g/mol. The molecule has 3 heterocycles. The first-order chi connectivity index (χ1) is 30.5. The lowest BCUT2D eigenvalue weighted by atomic mass is 9.80. The lowest BCUT2D eigenvalue weighted by Crippen LogP contribution is -2.31. The average Bonchev–Trinajstić information content (AvgIpc) is 3.81. The van der Waals surface area contributed by atoms with E-state index in [2.05, 4.69) is 231 Å². The van der Waals surface area contributed by atoms with E-state index in [0.717, 1.165) is 56.1 Å². The molecule has 5 heteroatoms. The molecule has 324 valence electrons. The Kier molecular flexibility index (Phi) is 10.9. The lowest BCUT2D eigenvalue weighted by Gasteiger charge is -2.25. The number of rotatable bonds is 9. The van der Waals surface area contributed by atoms with Crippen LogP contribution >= 0.6 is 0 Å². The molecule has 6 aromatic carbocycles. The zero-order valence-corrected chi connectivity index (χ0v) is 39.8. The zero-order chi connectivity index (χ0) is 45.2. The Labute approximate surface area is 380 Å². The van der Waals surface area contributed by atoms with Gasteiger partial charge in [-0.15, -0.1) is 0 Å². The predicted molar refractivity (Wildman–Crippen MR) is 269 cm³/mol. The maximum Gasteiger partial charge on any atom is 0.255 e. The fraction of sp³-hybridized carbons (Fsp3) is 0.288. The van der Waals surface area contributed by atoms with Crippen LogP contribution < -0.4 is 9.30 Å². The maximum atomic E-state index is 6.80. The van der Waals surface area contributed by atoms with Crippen molar-refractivity contribution in [3.8, 4) is 39.8 Å². The quantitative estimate of drug-likeness (QED) is 0.136. The highest BCUT2D eigenvalue weighted by atomic mass is 16.5. The number of fused-ring (bicyclic) bond motifs is 4. The van der Waals surface area contributed by atoms with Gasteiger partial charge < -0.3 is 4.74 Å². The second-order valence-electron chi connectivity index (χ2n) is 20.7. The summed E-state index contributed by atoms with van der Waals surface area (Å²) in [4.78, 5) is 5.06. The number of ether oxygens (including phenoxy) is 1. The van der Waals surface area contributed by atoms with Gasteiger partial charge >= 0.3 is 0 Å². The van der Waals surface area contributed by atoms with Gasteiger partial charge in [0.1, 0.15) is 28.7 Å². The third-order valence-corrected chi connectivity index (χ3v) is 12.9. The topological polar surface area (TPSA) is 35.9 Å². The van der Waals surface area contributed by atoms with Crippen LogP contribution in [0.3, 0.4) is 0 Å². The molecule has 0 aliphatic heterocycles. The van der Waals surface area contributed by atoms with E-state index in [1.54, 1.807) is 0 Å². The third-order valence-electron chi connectivity index (χ3n) is 12.9. The number of nitrogens with zero attached hydrogens (tertiary/aromatic N) is 4. The average molecular weight is 844 g/mol. The van der Waals surface area contributed by atoms with Gasteiger partial charge in [-0.05, 0) is 134 Å². The molecule has 0 spiro atoms. The summed E-state index contributed by atoms with van der Waals surface area (Å²) in [5.41, 5.74) is 16.0. The van der Waals surface area contributed by atoms with Gasteiger partial charge in [0.05, 0.1) is 11.0 Å². The number of benzene rings is 6. The van der Waals surface area contributed by atoms with Gasteiger partial charge in [0.25, 0.3) is 6.33 Å². The van der Waals surface area contributed by atoms with Crippen LogP contribution in [0, 0.1) is 0 Å². The smallest absolute Gasteiger partial charge is 0.255 e. The Morgan fingerprint density at radius 1 is 0.547 bits per heavy atom. The first-order valence-corrected chi connectivity index (χ1v) is 23.1. The van der Waals surface area contributed by atoms with Crippen LogP contribution in [0.2, 0.25) is 0 Å². The molecular weight excluding hydrogens is 781 g/mol. The second kappa shape index (κ2) is 16.3. The Bertz CT molecular complexity index is 3140. The predicted octanol–water partition coefficient (Wildman–Crippen LogP) is 15.8. The number of pyridine rings is 1. The Morgan fingerprint density at radius 3 is 1.83 bits per heavy atom. The van der Waals surface area contributed by atoms with Crippen LogP contribution in [-0.4, -0.2) is 14.1 Å². The molecule has 3 aromatic heterocycles. The highest BCUT2D eigenvalue weighted by Gasteiger charge is 2.26. The van der Waals surface area contributed by atoms with Gasteiger partial charge in [-0.1, -0.05) is 138 Å². The van der Waals surface area contributed by atoms with E-state index in [-0.39, 0.29) is 10.8 Å². The van der Waals surface area contributed by atoms with Crippen molar-refractivity contribution >= 4 is 32.8 Å². The van der Waals surface area contributed by atoms with Crippen molar-refractivity contribution in [2.75, 3.05) is 0 Å². The summed E-state index contributed by atoms with van der Waals surface area (Å²) in [6, 6.07) is 48.5. The number of para-hydroxylation sites is 3. The van der Waals surface area contributed by atoms with Crippen LogP contribution in [0.1, 0.15) is 129 Å². The largest absolute Gasteiger partial charge is 0.457 e. The summed E-state index contributed by atoms with van der Waals surface area (Å²) < 4.78 is 13.7. The van der Waals surface area contributed by atoms with E-state index < -0.39 is 0 Å². The van der Waals surface area contributed by atoms with Crippen molar-refractivity contribution < 1.29 is 9.30 Å². The maximum absolute atomic E-state index is 6.80. The summed E-state index contributed by atoms with van der Waals surface area (Å²) in [5, 5.41) is 2.34. The molecule has 0 saturated heterocycles. The molecule has 0 saturated carbocycles. The SMILES string of the molecule is CC(C)c1cc(C(C)C)c(-c2ccnc(-n3c4ccccc4c4ccc(Oc5cccc(-n6c[n+](-c7cc(C(C)(C)C)cc(C(C)(C)C)c7)c7ccccc76)c5)cc43)c2)c(C(C)C)c1. The zero-order valence-electron chi connectivity index (χ0n) is 39.8. The van der Waals surface area contributed by atoms with Gasteiger partial charge in [0.15, 0.2) is 11.0 Å². The molecule has 0 fully saturated rings. The molecule has 9 aromatic rings. The van der Waals surface area contributed by atoms with Crippen molar-refractivity contribution in [3.63, 3.8) is 0 Å². The fourth-order valence-electron chi connectivity index (χ4n) is 9.22. The molecule has 9 rings (SSSR count). The van der Waals surface area contributed by atoms with E-state index in [0.29, 0.717) is 17.8 Å². The summed E-state index contributed by atoms with van der Waals surface area (Å²) in [7, 11) is 0. The summed E-state index contributed by atoms with van der Waals surface area (Å²) >= 11 is 0. The van der Waals surface area contributed by atoms with Gasteiger partial charge in [-0.25, -0.2) is 4.98 Å². The fourth-order valence-corrected chi connectivity index (χ4v) is 9.22. The highest BCUT2D eigenvalue weighted by molar-refractivity contribution is 6.09. The van der Waals surface area contributed by atoms with Gasteiger partial charge in [0, 0.05) is 29.1 Å². The normalized spacial score (nSPS) is 12.5. The van der Waals surface area contributed by atoms with Crippen molar-refractivity contribution in [1.29, 1.82) is 0 Å². The van der Waals surface area contributed by atoms with E-state index in [1.807, 2.05) is 12.3 Å². The summed E-state index contributed by atoms with van der Waals surface area (Å²) in [5.74, 6) is 3.62. The summed E-state index contributed by atoms with van der Waals surface area (Å²) in [6.45, 7) is 27.6. The first-order valence-electron chi connectivity index (χ1n) is 23.1. The minimum Gasteiger partial charge on any atom is -0.457 e. The molecule has 0 aliphatic rings. The first kappa shape index (κ1) is 42.8. The molecule has 0 unspecified atom stereocenters. The highest BCUT2D eigenvalue weighted by Crippen LogP contribution is 2.41. The molecule has 0 amide bonds. The number of hydrogen-bond donors (Lipinski definition) is 0. The third kappa shape index (κ3) is 7.91. The van der Waals surface area contributed by atoms with Gasteiger partial charge in [0.2, 0.25) is 0 Å². The van der Waals surface area contributed by atoms with E-state index in [9.17, 15) is 0 Å². The molecule has 0 bridgehead atoms. The molecule has 5 nitrogen and oxygen atoms in total. The van der Waals surface area contributed by atoms with Crippen molar-refractivity contribution in [2.45, 2.75) is 112 Å². The second-order valence-corrected chi connectivity index (χ2v) is 20.7. The molecule has 0 atom stereocenters. The van der Waals surface area contributed by atoms with Gasteiger partial charge in [-0.3, -0.25) is 4.57 Å². The minimum absolute atomic E-state index is 0.00760. The van der Waals surface area contributed by atoms with E-state index >= 15 is 0 Å². The van der Waals surface area contributed by atoms with Crippen LogP contribution in [0.25, 0.3) is 61.2 Å². The Hall–Kier alpha value is -6.46. The number of aromatic nitrogens is 4. The molecular formula is C59H63N4O+. The molecule has 64 heavy (non-hydrogen) atoms. The minimum atomic E-state index is 0.00760. The molecule has 0 aliphatic carbocycles. The van der Waals surface area contributed by atoms with Crippen LogP contribution in [0.15, 0.2) is 146 Å². The Morgan fingerprint density at radius 2 is 1.17 bits per heavy atom.